The fourth-order valence-corrected chi connectivity index (χ4v) is 2.99. The molecule has 0 bridgehead atoms. The second kappa shape index (κ2) is 6.98. The van der Waals surface area contributed by atoms with Crippen molar-refractivity contribution in [3.05, 3.63) is 35.6 Å². The number of carbonyl (C=O) groups is 1. The minimum atomic E-state index is -0.301. The number of ketones is 1. The second-order valence-electron chi connectivity index (χ2n) is 5.99. The molecule has 1 aromatic rings. The summed E-state index contributed by atoms with van der Waals surface area (Å²) in [5.74, 6) is 0.491. The number of halogens is 1. The second-order valence-corrected chi connectivity index (χ2v) is 5.99. The van der Waals surface area contributed by atoms with Gasteiger partial charge in [-0.3, -0.25) is 9.69 Å². The Morgan fingerprint density at radius 1 is 1.25 bits per heavy atom. The molecule has 1 aliphatic carbocycles. The van der Waals surface area contributed by atoms with Gasteiger partial charge < -0.3 is 0 Å². The van der Waals surface area contributed by atoms with Crippen molar-refractivity contribution in [2.24, 2.45) is 5.92 Å². The molecule has 0 radical (unpaired) electrons. The van der Waals surface area contributed by atoms with Gasteiger partial charge in [-0.25, -0.2) is 4.39 Å². The topological polar surface area (TPSA) is 20.3 Å². The number of hydrogen-bond donors (Lipinski definition) is 0. The number of Topliss-reactive ketones (excluding diaryl/α,β-unsaturated/α-hetero) is 1. The van der Waals surface area contributed by atoms with E-state index in [0.29, 0.717) is 5.56 Å². The summed E-state index contributed by atoms with van der Waals surface area (Å²) in [6.07, 6.45) is 6.55. The Kier molecular flexibility index (Phi) is 5.30. The minimum absolute atomic E-state index is 0.0725. The molecule has 0 spiro atoms. The summed E-state index contributed by atoms with van der Waals surface area (Å²) in [7, 11) is 2.01. The summed E-state index contributed by atoms with van der Waals surface area (Å²) < 4.78 is 12.9. The van der Waals surface area contributed by atoms with Gasteiger partial charge in [0.1, 0.15) is 5.82 Å². The van der Waals surface area contributed by atoms with Crippen LogP contribution in [0.2, 0.25) is 0 Å². The van der Waals surface area contributed by atoms with Crippen LogP contribution in [0.15, 0.2) is 24.3 Å². The van der Waals surface area contributed by atoms with Crippen molar-refractivity contribution >= 4 is 5.78 Å². The Morgan fingerprint density at radius 3 is 2.45 bits per heavy atom. The molecule has 0 aromatic heterocycles. The fraction of sp³-hybridized carbons (Fsp3) is 0.588. The predicted octanol–water partition coefficient (Wildman–Crippen LogP) is 3.91. The first-order valence-corrected chi connectivity index (χ1v) is 7.58. The molecule has 0 heterocycles. The van der Waals surface area contributed by atoms with Gasteiger partial charge in [-0.05, 0) is 57.0 Å². The Balaban J connectivity index is 1.93. The average Bonchev–Trinajstić information content (AvgIpc) is 2.47. The van der Waals surface area contributed by atoms with E-state index in [1.807, 2.05) is 14.0 Å². The van der Waals surface area contributed by atoms with Crippen molar-refractivity contribution in [1.29, 1.82) is 0 Å². The van der Waals surface area contributed by atoms with Gasteiger partial charge in [-0.2, -0.15) is 0 Å². The highest BCUT2D eigenvalue weighted by Gasteiger charge is 2.23. The van der Waals surface area contributed by atoms with Gasteiger partial charge >= 0.3 is 0 Å². The smallest absolute Gasteiger partial charge is 0.179 e. The summed E-state index contributed by atoms with van der Waals surface area (Å²) in [6, 6.07) is 5.69. The van der Waals surface area contributed by atoms with Gasteiger partial charge in [0.2, 0.25) is 0 Å². The molecule has 2 rings (SSSR count). The number of hydrogen-bond acceptors (Lipinski definition) is 2. The summed E-state index contributed by atoms with van der Waals surface area (Å²) in [4.78, 5) is 14.5. The van der Waals surface area contributed by atoms with Crippen LogP contribution in [0.4, 0.5) is 4.39 Å². The van der Waals surface area contributed by atoms with Crippen molar-refractivity contribution in [2.75, 3.05) is 13.6 Å². The summed E-state index contributed by atoms with van der Waals surface area (Å²) in [6.45, 7) is 2.92. The van der Waals surface area contributed by atoms with Crippen LogP contribution in [0, 0.1) is 11.7 Å². The molecular formula is C17H24FNO. The largest absolute Gasteiger partial charge is 0.296 e. The third-order valence-corrected chi connectivity index (χ3v) is 4.44. The molecule has 110 valence electrons. The van der Waals surface area contributed by atoms with E-state index in [-0.39, 0.29) is 17.6 Å². The zero-order valence-corrected chi connectivity index (χ0v) is 12.4. The van der Waals surface area contributed by atoms with Gasteiger partial charge in [0.15, 0.2) is 5.78 Å². The molecular weight excluding hydrogens is 253 g/mol. The Hall–Kier alpha value is -1.22. The average molecular weight is 277 g/mol. The van der Waals surface area contributed by atoms with E-state index in [1.165, 1.54) is 44.2 Å². The monoisotopic (exact) mass is 277 g/mol. The van der Waals surface area contributed by atoms with Gasteiger partial charge in [0, 0.05) is 12.1 Å². The van der Waals surface area contributed by atoms with Gasteiger partial charge in [-0.1, -0.05) is 19.3 Å². The van der Waals surface area contributed by atoms with Gasteiger partial charge in [0.05, 0.1) is 6.04 Å². The lowest BCUT2D eigenvalue weighted by Gasteiger charge is -2.30. The summed E-state index contributed by atoms with van der Waals surface area (Å²) in [5, 5.41) is 0. The Labute approximate surface area is 121 Å². The molecule has 0 aliphatic heterocycles. The number of nitrogens with zero attached hydrogens (tertiary/aromatic N) is 1. The maximum atomic E-state index is 12.9. The minimum Gasteiger partial charge on any atom is -0.296 e. The van der Waals surface area contributed by atoms with Crippen molar-refractivity contribution < 1.29 is 9.18 Å². The lowest BCUT2D eigenvalue weighted by Crippen LogP contribution is -2.39. The van der Waals surface area contributed by atoms with Crippen LogP contribution in [0.5, 0.6) is 0 Å². The first-order chi connectivity index (χ1) is 9.58. The SMILES string of the molecule is CC(C(=O)c1ccc(F)cc1)N(C)CC1CCCCC1. The van der Waals surface area contributed by atoms with Crippen LogP contribution in [-0.4, -0.2) is 30.3 Å². The standard InChI is InChI=1S/C17H24FNO/c1-13(17(20)15-8-10-16(18)11-9-15)19(2)12-14-6-4-3-5-7-14/h8-11,13-14H,3-7,12H2,1-2H3. The molecule has 0 saturated heterocycles. The molecule has 0 amide bonds. The zero-order chi connectivity index (χ0) is 14.5. The molecule has 1 atom stereocenters. The van der Waals surface area contributed by atoms with E-state index in [0.717, 1.165) is 12.5 Å². The van der Waals surface area contributed by atoms with Crippen LogP contribution < -0.4 is 0 Å². The van der Waals surface area contributed by atoms with Crippen LogP contribution in [0.1, 0.15) is 49.4 Å². The summed E-state index contributed by atoms with van der Waals surface area (Å²) >= 11 is 0. The quantitative estimate of drug-likeness (QED) is 0.761. The molecule has 0 N–H and O–H groups in total. The van der Waals surface area contributed by atoms with Crippen LogP contribution in [-0.2, 0) is 0 Å². The van der Waals surface area contributed by atoms with E-state index in [4.69, 9.17) is 0 Å². The van der Waals surface area contributed by atoms with Crippen LogP contribution >= 0.6 is 0 Å². The van der Waals surface area contributed by atoms with Crippen LogP contribution in [0.3, 0.4) is 0 Å². The Bertz CT molecular complexity index is 437. The lowest BCUT2D eigenvalue weighted by molar-refractivity contribution is 0.0842. The highest BCUT2D eigenvalue weighted by Crippen LogP contribution is 2.24. The highest BCUT2D eigenvalue weighted by atomic mass is 19.1. The van der Waals surface area contributed by atoms with E-state index < -0.39 is 0 Å². The van der Waals surface area contributed by atoms with E-state index in [1.54, 1.807) is 12.1 Å². The third-order valence-electron chi connectivity index (χ3n) is 4.44. The van der Waals surface area contributed by atoms with E-state index in [2.05, 4.69) is 4.90 Å². The maximum Gasteiger partial charge on any atom is 0.179 e. The van der Waals surface area contributed by atoms with Crippen molar-refractivity contribution in [3.8, 4) is 0 Å². The van der Waals surface area contributed by atoms with Crippen molar-refractivity contribution in [3.63, 3.8) is 0 Å². The first kappa shape index (κ1) is 15.2. The maximum absolute atomic E-state index is 12.9. The third kappa shape index (κ3) is 3.89. The molecule has 1 fully saturated rings. The highest BCUT2D eigenvalue weighted by molar-refractivity contribution is 5.99. The molecule has 1 unspecified atom stereocenters. The summed E-state index contributed by atoms with van der Waals surface area (Å²) in [5.41, 5.74) is 0.592. The predicted molar refractivity (Wildman–Crippen MR) is 79.4 cm³/mol. The molecule has 3 heteroatoms. The number of carbonyl (C=O) groups excluding carboxylic acids is 1. The molecule has 1 aliphatic rings. The van der Waals surface area contributed by atoms with Crippen molar-refractivity contribution in [1.82, 2.24) is 4.90 Å². The normalized spacial score (nSPS) is 18.2. The lowest BCUT2D eigenvalue weighted by atomic mass is 9.88. The van der Waals surface area contributed by atoms with Gasteiger partial charge in [0.25, 0.3) is 0 Å². The number of likely N-dealkylation sites (N-methyl/N-ethyl adjacent to an activating group) is 1. The van der Waals surface area contributed by atoms with E-state index >= 15 is 0 Å². The molecule has 1 saturated carbocycles. The van der Waals surface area contributed by atoms with E-state index in [9.17, 15) is 9.18 Å². The van der Waals surface area contributed by atoms with Crippen LogP contribution in [0.25, 0.3) is 0 Å². The number of benzene rings is 1. The Morgan fingerprint density at radius 2 is 1.85 bits per heavy atom. The molecule has 20 heavy (non-hydrogen) atoms. The zero-order valence-electron chi connectivity index (χ0n) is 12.4. The molecule has 2 nitrogen and oxygen atoms in total. The van der Waals surface area contributed by atoms with Crippen molar-refractivity contribution in [2.45, 2.75) is 45.1 Å². The molecule has 1 aromatic carbocycles. The number of rotatable bonds is 5. The fourth-order valence-electron chi connectivity index (χ4n) is 2.99. The van der Waals surface area contributed by atoms with Gasteiger partial charge in [-0.15, -0.1) is 0 Å². The first-order valence-electron chi connectivity index (χ1n) is 7.58.